The molecule has 1 aliphatic rings. The summed E-state index contributed by atoms with van der Waals surface area (Å²) in [6.07, 6.45) is 0.357. The van der Waals surface area contributed by atoms with Crippen LogP contribution in [0.3, 0.4) is 0 Å². The SMILES string of the molecule is COc1cccc2c1-c1c(c3ccc([N+](=O)[O-])cc3c(=O)n1CCCN=[N+]=[N-])C2=O. The average Bonchev–Trinajstić information content (AvgIpc) is 3.05. The van der Waals surface area contributed by atoms with Gasteiger partial charge in [0.05, 0.1) is 34.2 Å². The van der Waals surface area contributed by atoms with E-state index in [2.05, 4.69) is 10.0 Å². The largest absolute Gasteiger partial charge is 0.496 e. The molecular formula is C20H15N5O5. The molecule has 0 amide bonds. The van der Waals surface area contributed by atoms with Crippen LogP contribution in [0.2, 0.25) is 0 Å². The van der Waals surface area contributed by atoms with E-state index >= 15 is 0 Å². The van der Waals surface area contributed by atoms with E-state index in [0.717, 1.165) is 0 Å². The van der Waals surface area contributed by atoms with Crippen LogP contribution in [0.5, 0.6) is 5.75 Å². The Kier molecular flexibility index (Phi) is 4.69. The number of methoxy groups -OCH3 is 1. The zero-order chi connectivity index (χ0) is 21.4. The van der Waals surface area contributed by atoms with Crippen molar-refractivity contribution in [2.45, 2.75) is 13.0 Å². The maximum Gasteiger partial charge on any atom is 0.270 e. The van der Waals surface area contributed by atoms with Crippen molar-refractivity contribution in [2.75, 3.05) is 13.7 Å². The molecule has 0 fully saturated rings. The summed E-state index contributed by atoms with van der Waals surface area (Å²) in [4.78, 5) is 39.9. The highest BCUT2D eigenvalue weighted by Crippen LogP contribution is 2.44. The van der Waals surface area contributed by atoms with Gasteiger partial charge >= 0.3 is 0 Å². The number of pyridine rings is 1. The standard InChI is InChI=1S/C20H15N5O5/c1-30-15-5-2-4-13-16(15)18-17(19(13)26)12-7-6-11(25(28)29)10-14(12)20(27)24(18)9-3-8-22-23-21/h2,4-7,10H,3,8-9H2,1H3. The van der Waals surface area contributed by atoms with E-state index in [1.165, 1.54) is 29.9 Å². The number of fused-ring (bicyclic) bond motifs is 5. The van der Waals surface area contributed by atoms with Crippen molar-refractivity contribution in [3.63, 3.8) is 0 Å². The van der Waals surface area contributed by atoms with Crippen molar-refractivity contribution >= 4 is 22.2 Å². The molecule has 1 aliphatic carbocycles. The van der Waals surface area contributed by atoms with Gasteiger partial charge in [-0.05, 0) is 24.1 Å². The second-order valence-electron chi connectivity index (χ2n) is 6.69. The van der Waals surface area contributed by atoms with Crippen molar-refractivity contribution in [2.24, 2.45) is 5.11 Å². The quantitative estimate of drug-likeness (QED) is 0.120. The summed E-state index contributed by atoms with van der Waals surface area (Å²) < 4.78 is 6.86. The number of hydrogen-bond acceptors (Lipinski definition) is 6. The van der Waals surface area contributed by atoms with Crippen LogP contribution in [-0.2, 0) is 6.54 Å². The van der Waals surface area contributed by atoms with Gasteiger partial charge in [0.25, 0.3) is 11.2 Å². The first-order valence-corrected chi connectivity index (χ1v) is 9.07. The highest BCUT2D eigenvalue weighted by atomic mass is 16.6. The van der Waals surface area contributed by atoms with Crippen LogP contribution in [0.4, 0.5) is 5.69 Å². The summed E-state index contributed by atoms with van der Waals surface area (Å²) >= 11 is 0. The number of non-ortho nitro benzene ring substituents is 1. The third kappa shape index (κ3) is 2.78. The number of ketones is 1. The molecule has 0 aliphatic heterocycles. The summed E-state index contributed by atoms with van der Waals surface area (Å²) in [5, 5.41) is 15.1. The fourth-order valence-electron chi connectivity index (χ4n) is 3.87. The number of nitro benzene ring substituents is 1. The van der Waals surface area contributed by atoms with Crippen molar-refractivity contribution < 1.29 is 14.5 Å². The lowest BCUT2D eigenvalue weighted by molar-refractivity contribution is -0.384. The van der Waals surface area contributed by atoms with Crippen LogP contribution in [0.1, 0.15) is 22.3 Å². The molecule has 4 rings (SSSR count). The van der Waals surface area contributed by atoms with Crippen LogP contribution in [-0.4, -0.2) is 28.9 Å². The zero-order valence-electron chi connectivity index (χ0n) is 15.9. The Balaban J connectivity index is 2.08. The maximum atomic E-state index is 13.3. The Hall–Kier alpha value is -4.17. The lowest BCUT2D eigenvalue weighted by Gasteiger charge is -2.16. The van der Waals surface area contributed by atoms with Crippen LogP contribution in [0, 0.1) is 10.1 Å². The molecule has 0 N–H and O–H groups in total. The molecule has 0 unspecified atom stereocenters. The predicted molar refractivity (Wildman–Crippen MR) is 109 cm³/mol. The number of nitrogens with zero attached hydrogens (tertiary/aromatic N) is 5. The second kappa shape index (κ2) is 7.34. The molecule has 150 valence electrons. The van der Waals surface area contributed by atoms with Gasteiger partial charge in [-0.2, -0.15) is 0 Å². The van der Waals surface area contributed by atoms with Gasteiger partial charge in [0.1, 0.15) is 5.75 Å². The van der Waals surface area contributed by atoms with Crippen molar-refractivity contribution in [3.05, 3.63) is 78.4 Å². The van der Waals surface area contributed by atoms with E-state index in [9.17, 15) is 19.7 Å². The number of carbonyl (C=O) groups excluding carboxylic acids is 1. The van der Waals surface area contributed by atoms with Gasteiger partial charge in [0, 0.05) is 41.1 Å². The van der Waals surface area contributed by atoms with E-state index in [-0.39, 0.29) is 29.9 Å². The first-order valence-electron chi connectivity index (χ1n) is 9.07. The molecule has 1 heterocycles. The van der Waals surface area contributed by atoms with Crippen LogP contribution in [0.15, 0.2) is 46.3 Å². The van der Waals surface area contributed by atoms with Gasteiger partial charge < -0.3 is 9.30 Å². The summed E-state index contributed by atoms with van der Waals surface area (Å²) in [6, 6.07) is 8.96. The Morgan fingerprint density at radius 3 is 2.70 bits per heavy atom. The number of ether oxygens (including phenoxy) is 1. The average molecular weight is 405 g/mol. The third-order valence-electron chi connectivity index (χ3n) is 5.12. The number of aromatic nitrogens is 1. The highest BCUT2D eigenvalue weighted by molar-refractivity contribution is 6.27. The lowest BCUT2D eigenvalue weighted by Crippen LogP contribution is -2.24. The molecular weight excluding hydrogens is 390 g/mol. The lowest BCUT2D eigenvalue weighted by atomic mass is 10.0. The Bertz CT molecular complexity index is 1340. The van der Waals surface area contributed by atoms with E-state index in [0.29, 0.717) is 39.9 Å². The molecule has 3 aromatic rings. The normalized spacial score (nSPS) is 11.7. The molecule has 0 bridgehead atoms. The Morgan fingerprint density at radius 1 is 1.20 bits per heavy atom. The van der Waals surface area contributed by atoms with E-state index in [1.54, 1.807) is 18.2 Å². The summed E-state index contributed by atoms with van der Waals surface area (Å²) in [5.74, 6) is 0.172. The van der Waals surface area contributed by atoms with E-state index < -0.39 is 10.5 Å². The second-order valence-corrected chi connectivity index (χ2v) is 6.69. The highest BCUT2D eigenvalue weighted by Gasteiger charge is 2.35. The van der Waals surface area contributed by atoms with E-state index in [4.69, 9.17) is 10.3 Å². The number of carbonyl (C=O) groups is 1. The van der Waals surface area contributed by atoms with Crippen LogP contribution < -0.4 is 10.3 Å². The fraction of sp³-hybridized carbons (Fsp3) is 0.200. The number of rotatable bonds is 6. The molecule has 0 saturated carbocycles. The van der Waals surface area contributed by atoms with Crippen molar-refractivity contribution in [1.82, 2.24) is 4.57 Å². The molecule has 0 atom stereocenters. The predicted octanol–water partition coefficient (Wildman–Crippen LogP) is 3.83. The molecule has 2 aromatic carbocycles. The molecule has 1 aromatic heterocycles. The van der Waals surface area contributed by atoms with Crippen LogP contribution in [0.25, 0.3) is 32.5 Å². The summed E-state index contributed by atoms with van der Waals surface area (Å²) in [6.45, 7) is 0.334. The topological polar surface area (TPSA) is 140 Å². The third-order valence-corrected chi connectivity index (χ3v) is 5.12. The molecule has 0 saturated heterocycles. The minimum absolute atomic E-state index is 0.0897. The minimum Gasteiger partial charge on any atom is -0.496 e. The minimum atomic E-state index is -0.586. The Morgan fingerprint density at radius 2 is 2.00 bits per heavy atom. The van der Waals surface area contributed by atoms with Gasteiger partial charge in [-0.25, -0.2) is 0 Å². The number of hydrogen-bond donors (Lipinski definition) is 0. The Labute approximate surface area is 169 Å². The van der Waals surface area contributed by atoms with Gasteiger partial charge in [-0.1, -0.05) is 17.2 Å². The molecule has 0 radical (unpaired) electrons. The van der Waals surface area contributed by atoms with Gasteiger partial charge in [0.15, 0.2) is 5.78 Å². The number of nitro groups is 1. The smallest absolute Gasteiger partial charge is 0.270 e. The molecule has 30 heavy (non-hydrogen) atoms. The fourth-order valence-corrected chi connectivity index (χ4v) is 3.87. The maximum absolute atomic E-state index is 13.3. The van der Waals surface area contributed by atoms with Gasteiger partial charge in [-0.3, -0.25) is 19.7 Å². The van der Waals surface area contributed by atoms with Crippen molar-refractivity contribution in [3.8, 4) is 17.0 Å². The van der Waals surface area contributed by atoms with Crippen LogP contribution >= 0.6 is 0 Å². The first-order chi connectivity index (χ1) is 14.5. The molecule has 10 heteroatoms. The summed E-state index contributed by atoms with van der Waals surface area (Å²) in [7, 11) is 1.48. The summed E-state index contributed by atoms with van der Waals surface area (Å²) in [5.41, 5.74) is 9.44. The van der Waals surface area contributed by atoms with Gasteiger partial charge in [-0.15, -0.1) is 0 Å². The number of azide groups is 1. The monoisotopic (exact) mass is 405 g/mol. The van der Waals surface area contributed by atoms with E-state index in [1.807, 2.05) is 0 Å². The zero-order valence-corrected chi connectivity index (χ0v) is 15.9. The van der Waals surface area contributed by atoms with Crippen molar-refractivity contribution in [1.29, 1.82) is 0 Å². The van der Waals surface area contributed by atoms with Gasteiger partial charge in [0.2, 0.25) is 0 Å². The first kappa shape index (κ1) is 19.2. The molecule has 0 spiro atoms. The molecule has 10 nitrogen and oxygen atoms in total. The number of benzene rings is 2.